The van der Waals surface area contributed by atoms with Gasteiger partial charge >= 0.3 is 0 Å². The number of thioether (sulfide) groups is 1. The van der Waals surface area contributed by atoms with Crippen LogP contribution in [0.1, 0.15) is 25.7 Å². The van der Waals surface area contributed by atoms with E-state index in [0.29, 0.717) is 23.1 Å². The maximum absolute atomic E-state index is 14.4. The highest BCUT2D eigenvalue weighted by molar-refractivity contribution is 7.99. The van der Waals surface area contributed by atoms with Gasteiger partial charge in [0.1, 0.15) is 5.82 Å². The number of rotatable bonds is 9. The van der Waals surface area contributed by atoms with E-state index in [9.17, 15) is 9.18 Å². The summed E-state index contributed by atoms with van der Waals surface area (Å²) in [7, 11) is 0. The Kier molecular flexibility index (Phi) is 7.90. The van der Waals surface area contributed by atoms with E-state index in [0.717, 1.165) is 18.7 Å². The third-order valence-corrected chi connectivity index (χ3v) is 6.45. The fourth-order valence-electron chi connectivity index (χ4n) is 3.88. The number of likely N-dealkylation sites (tertiary alicyclic amines) is 1. The smallest absolute Gasteiger partial charge is 0.230 e. The van der Waals surface area contributed by atoms with Gasteiger partial charge in [0.05, 0.1) is 11.3 Å². The molecule has 1 aliphatic rings. The van der Waals surface area contributed by atoms with Crippen molar-refractivity contribution >= 4 is 17.7 Å². The average Bonchev–Trinajstić information content (AvgIpc) is 3.26. The minimum Gasteiger partial charge on any atom is -0.355 e. The first-order valence-electron chi connectivity index (χ1n) is 11.1. The predicted octanol–water partition coefficient (Wildman–Crippen LogP) is 4.16. The van der Waals surface area contributed by atoms with E-state index in [1.54, 1.807) is 22.8 Å². The van der Waals surface area contributed by atoms with Crippen molar-refractivity contribution in [2.24, 2.45) is 0 Å². The standard InChI is InChI=1S/C24H28FN5OS/c25-21-13-6-5-12-20(21)23-27-28-24(30(23)19-10-3-1-4-11-19)32-18-22(31)26-14-9-17-29-15-7-2-8-16-29/h1,3-6,10-13H,2,7-9,14-18H2,(H,26,31). The van der Waals surface area contributed by atoms with Crippen molar-refractivity contribution in [2.45, 2.75) is 30.8 Å². The monoisotopic (exact) mass is 453 g/mol. The first kappa shape index (κ1) is 22.5. The predicted molar refractivity (Wildman–Crippen MR) is 125 cm³/mol. The third-order valence-electron chi connectivity index (χ3n) is 5.52. The summed E-state index contributed by atoms with van der Waals surface area (Å²) < 4.78 is 16.2. The van der Waals surface area contributed by atoms with Gasteiger partial charge in [0.25, 0.3) is 0 Å². The Balaban J connectivity index is 1.39. The van der Waals surface area contributed by atoms with Crippen molar-refractivity contribution in [3.8, 4) is 17.1 Å². The Hall–Kier alpha value is -2.71. The summed E-state index contributed by atoms with van der Waals surface area (Å²) >= 11 is 1.30. The molecule has 0 saturated carbocycles. The van der Waals surface area contributed by atoms with Crippen LogP contribution >= 0.6 is 11.8 Å². The second kappa shape index (κ2) is 11.2. The number of amides is 1. The van der Waals surface area contributed by atoms with E-state index in [1.165, 1.54) is 50.2 Å². The Morgan fingerprint density at radius 1 is 1.00 bits per heavy atom. The number of carbonyl (C=O) groups excluding carboxylic acids is 1. The van der Waals surface area contributed by atoms with Crippen LogP contribution in [0.25, 0.3) is 17.1 Å². The summed E-state index contributed by atoms with van der Waals surface area (Å²) in [5.41, 5.74) is 1.19. The first-order valence-corrected chi connectivity index (χ1v) is 12.1. The number of nitrogens with zero attached hydrogens (tertiary/aromatic N) is 4. The lowest BCUT2D eigenvalue weighted by Crippen LogP contribution is -2.33. The molecular weight excluding hydrogens is 425 g/mol. The molecule has 0 atom stereocenters. The van der Waals surface area contributed by atoms with Crippen molar-refractivity contribution in [2.75, 3.05) is 31.9 Å². The number of piperidine rings is 1. The van der Waals surface area contributed by atoms with Gasteiger partial charge in [-0.15, -0.1) is 10.2 Å². The highest BCUT2D eigenvalue weighted by atomic mass is 32.2. The number of benzene rings is 2. The van der Waals surface area contributed by atoms with Gasteiger partial charge in [0, 0.05) is 12.2 Å². The molecule has 1 amide bonds. The van der Waals surface area contributed by atoms with Crippen LogP contribution in [0.3, 0.4) is 0 Å². The number of nitrogens with one attached hydrogen (secondary N) is 1. The molecule has 2 heterocycles. The lowest BCUT2D eigenvalue weighted by molar-refractivity contribution is -0.118. The van der Waals surface area contributed by atoms with Crippen molar-refractivity contribution < 1.29 is 9.18 Å². The molecule has 8 heteroatoms. The van der Waals surface area contributed by atoms with Crippen LogP contribution < -0.4 is 5.32 Å². The third kappa shape index (κ3) is 5.75. The molecule has 0 radical (unpaired) electrons. The van der Waals surface area contributed by atoms with Crippen LogP contribution in [0.4, 0.5) is 4.39 Å². The maximum atomic E-state index is 14.4. The first-order chi connectivity index (χ1) is 15.7. The maximum Gasteiger partial charge on any atom is 0.230 e. The van der Waals surface area contributed by atoms with Gasteiger partial charge < -0.3 is 10.2 Å². The number of hydrogen-bond acceptors (Lipinski definition) is 5. The summed E-state index contributed by atoms with van der Waals surface area (Å²) in [6.07, 6.45) is 4.84. The molecule has 1 saturated heterocycles. The van der Waals surface area contributed by atoms with Crippen LogP contribution in [-0.2, 0) is 4.79 Å². The second-order valence-electron chi connectivity index (χ2n) is 7.85. The highest BCUT2D eigenvalue weighted by Gasteiger charge is 2.19. The number of halogens is 1. The van der Waals surface area contributed by atoms with Gasteiger partial charge in [0.15, 0.2) is 11.0 Å². The van der Waals surface area contributed by atoms with Crippen LogP contribution in [0.2, 0.25) is 0 Å². The molecule has 3 aromatic rings. The highest BCUT2D eigenvalue weighted by Crippen LogP contribution is 2.29. The van der Waals surface area contributed by atoms with Crippen LogP contribution in [0.5, 0.6) is 0 Å². The van der Waals surface area contributed by atoms with Gasteiger partial charge in [-0.25, -0.2) is 4.39 Å². The molecule has 168 valence electrons. The number of aromatic nitrogens is 3. The Bertz CT molecular complexity index is 1020. The summed E-state index contributed by atoms with van der Waals surface area (Å²) in [6, 6.07) is 16.1. The summed E-state index contributed by atoms with van der Waals surface area (Å²) in [4.78, 5) is 14.9. The molecule has 1 aliphatic heterocycles. The van der Waals surface area contributed by atoms with E-state index >= 15 is 0 Å². The van der Waals surface area contributed by atoms with Gasteiger partial charge in [-0.3, -0.25) is 9.36 Å². The lowest BCUT2D eigenvalue weighted by Gasteiger charge is -2.26. The lowest BCUT2D eigenvalue weighted by atomic mass is 10.1. The average molecular weight is 454 g/mol. The molecule has 6 nitrogen and oxygen atoms in total. The molecule has 0 bridgehead atoms. The fraction of sp³-hybridized carbons (Fsp3) is 0.375. The van der Waals surface area contributed by atoms with E-state index in [1.807, 2.05) is 30.3 Å². The number of hydrogen-bond donors (Lipinski definition) is 1. The van der Waals surface area contributed by atoms with E-state index < -0.39 is 0 Å². The topological polar surface area (TPSA) is 63.1 Å². The van der Waals surface area contributed by atoms with Crippen molar-refractivity contribution in [1.82, 2.24) is 25.0 Å². The van der Waals surface area contributed by atoms with Crippen molar-refractivity contribution in [3.63, 3.8) is 0 Å². The van der Waals surface area contributed by atoms with Crippen LogP contribution in [0, 0.1) is 5.82 Å². The fourth-order valence-corrected chi connectivity index (χ4v) is 4.67. The SMILES string of the molecule is O=C(CSc1nnc(-c2ccccc2F)n1-c1ccccc1)NCCCN1CCCCC1. The van der Waals surface area contributed by atoms with Gasteiger partial charge in [-0.2, -0.15) is 0 Å². The van der Waals surface area contributed by atoms with Crippen LogP contribution in [-0.4, -0.2) is 57.5 Å². The van der Waals surface area contributed by atoms with Crippen molar-refractivity contribution in [3.05, 3.63) is 60.4 Å². The molecule has 32 heavy (non-hydrogen) atoms. The Morgan fingerprint density at radius 3 is 2.53 bits per heavy atom. The molecule has 0 unspecified atom stereocenters. The summed E-state index contributed by atoms with van der Waals surface area (Å²) in [5.74, 6) is 0.244. The largest absolute Gasteiger partial charge is 0.355 e. The second-order valence-corrected chi connectivity index (χ2v) is 8.79. The quantitative estimate of drug-likeness (QED) is 0.389. The van der Waals surface area contributed by atoms with Gasteiger partial charge in [-0.05, 0) is 63.2 Å². The Morgan fingerprint density at radius 2 is 1.75 bits per heavy atom. The van der Waals surface area contributed by atoms with E-state index in [2.05, 4.69) is 20.4 Å². The zero-order valence-corrected chi connectivity index (χ0v) is 18.9. The van der Waals surface area contributed by atoms with Crippen molar-refractivity contribution in [1.29, 1.82) is 0 Å². The molecule has 4 rings (SSSR count). The zero-order valence-electron chi connectivity index (χ0n) is 18.0. The van der Waals surface area contributed by atoms with Crippen LogP contribution in [0.15, 0.2) is 59.8 Å². The van der Waals surface area contributed by atoms with E-state index in [4.69, 9.17) is 0 Å². The normalized spacial score (nSPS) is 14.4. The molecule has 2 aromatic carbocycles. The molecular formula is C24H28FN5OS. The number of para-hydroxylation sites is 1. The van der Waals surface area contributed by atoms with Gasteiger partial charge in [-0.1, -0.05) is 48.5 Å². The minimum absolute atomic E-state index is 0.0382. The molecule has 0 aliphatic carbocycles. The molecule has 1 fully saturated rings. The van der Waals surface area contributed by atoms with Gasteiger partial charge in [0.2, 0.25) is 5.91 Å². The Labute approximate surface area is 192 Å². The minimum atomic E-state index is -0.361. The van der Waals surface area contributed by atoms with E-state index in [-0.39, 0.29) is 17.5 Å². The molecule has 1 aromatic heterocycles. The summed E-state index contributed by atoms with van der Waals surface area (Å²) in [6.45, 7) is 4.04. The molecule has 0 spiro atoms. The zero-order chi connectivity index (χ0) is 22.2. The number of carbonyl (C=O) groups is 1. The molecule has 1 N–H and O–H groups in total. The summed E-state index contributed by atoms with van der Waals surface area (Å²) in [5, 5.41) is 12.1.